The van der Waals surface area contributed by atoms with E-state index in [1.807, 2.05) is 53.2 Å². The number of halogens is 1. The Labute approximate surface area is 185 Å². The molecule has 0 radical (unpaired) electrons. The van der Waals surface area contributed by atoms with Crippen molar-refractivity contribution in [1.82, 2.24) is 14.9 Å². The largest absolute Gasteiger partial charge is 0.325 e. The molecule has 2 N–H and O–H groups in total. The van der Waals surface area contributed by atoms with Crippen LogP contribution in [-0.2, 0) is 17.6 Å². The molecular formula is C22H24ClN5OS. The Morgan fingerprint density at radius 3 is 2.53 bits per heavy atom. The lowest BCUT2D eigenvalue weighted by Crippen LogP contribution is -2.41. The molecule has 2 heterocycles. The minimum atomic E-state index is -0.414. The summed E-state index contributed by atoms with van der Waals surface area (Å²) in [4.78, 5) is 13.3. The fourth-order valence-corrected chi connectivity index (χ4v) is 4.67. The molecule has 0 fully saturated rings. The predicted octanol–water partition coefficient (Wildman–Crippen LogP) is 4.84. The van der Waals surface area contributed by atoms with Crippen LogP contribution in [0.25, 0.3) is 0 Å². The van der Waals surface area contributed by atoms with E-state index in [1.54, 1.807) is 0 Å². The van der Waals surface area contributed by atoms with Crippen LogP contribution < -0.4 is 10.7 Å². The van der Waals surface area contributed by atoms with Crippen molar-refractivity contribution in [3.8, 4) is 0 Å². The topological polar surface area (TPSA) is 71.8 Å². The first-order valence-electron chi connectivity index (χ1n) is 10.1. The molecule has 0 aliphatic carbocycles. The first-order valence-corrected chi connectivity index (χ1v) is 11.4. The van der Waals surface area contributed by atoms with Gasteiger partial charge in [0.05, 0.1) is 6.04 Å². The number of benzene rings is 2. The van der Waals surface area contributed by atoms with Crippen LogP contribution >= 0.6 is 23.4 Å². The van der Waals surface area contributed by atoms with Crippen LogP contribution in [-0.4, -0.2) is 26.0 Å². The highest BCUT2D eigenvalue weighted by atomic mass is 35.5. The molecule has 0 saturated heterocycles. The Morgan fingerprint density at radius 2 is 1.87 bits per heavy atom. The van der Waals surface area contributed by atoms with Crippen molar-refractivity contribution in [2.45, 2.75) is 49.6 Å². The zero-order valence-corrected chi connectivity index (χ0v) is 18.5. The van der Waals surface area contributed by atoms with E-state index in [9.17, 15) is 4.79 Å². The van der Waals surface area contributed by atoms with Crippen molar-refractivity contribution in [3.05, 3.63) is 70.5 Å². The lowest BCUT2D eigenvalue weighted by Gasteiger charge is -2.33. The quantitative estimate of drug-likeness (QED) is 0.572. The summed E-state index contributed by atoms with van der Waals surface area (Å²) in [6.07, 6.45) is 2.74. The van der Waals surface area contributed by atoms with Gasteiger partial charge in [-0.05, 0) is 48.2 Å². The van der Waals surface area contributed by atoms with Crippen LogP contribution in [0.4, 0.5) is 5.69 Å². The number of carbonyl (C=O) groups is 1. The maximum Gasteiger partial charge on any atom is 0.240 e. The number of hydrogen-bond acceptors (Lipinski definition) is 5. The van der Waals surface area contributed by atoms with Crippen LogP contribution in [0, 0.1) is 0 Å². The number of amides is 1. The first kappa shape index (κ1) is 20.8. The predicted molar refractivity (Wildman–Crippen MR) is 122 cm³/mol. The SMILES string of the molecule is CCCc1nnc2n1N[C@H](c1ccc(Cl)cc1)[C@@H](C(=O)Nc1ccc(CC)cc1)S2. The molecule has 1 aromatic heterocycles. The minimum Gasteiger partial charge on any atom is -0.325 e. The molecule has 3 aromatic rings. The van der Waals surface area contributed by atoms with Gasteiger partial charge in [-0.15, -0.1) is 10.2 Å². The third-order valence-electron chi connectivity index (χ3n) is 5.09. The lowest BCUT2D eigenvalue weighted by atomic mass is 10.0. The Morgan fingerprint density at radius 1 is 1.13 bits per heavy atom. The number of rotatable bonds is 6. The van der Waals surface area contributed by atoms with Gasteiger partial charge in [0, 0.05) is 17.1 Å². The molecule has 156 valence electrons. The molecule has 1 amide bonds. The Bertz CT molecular complexity index is 1020. The van der Waals surface area contributed by atoms with Crippen LogP contribution in [0.2, 0.25) is 5.02 Å². The van der Waals surface area contributed by atoms with Crippen molar-refractivity contribution in [1.29, 1.82) is 0 Å². The Kier molecular flexibility index (Phi) is 6.29. The van der Waals surface area contributed by atoms with Gasteiger partial charge in [0.2, 0.25) is 11.1 Å². The van der Waals surface area contributed by atoms with Crippen LogP contribution in [0.1, 0.15) is 43.3 Å². The highest BCUT2D eigenvalue weighted by molar-refractivity contribution is 8.00. The van der Waals surface area contributed by atoms with Gasteiger partial charge in [-0.25, -0.2) is 4.68 Å². The number of nitrogens with one attached hydrogen (secondary N) is 2. The van der Waals surface area contributed by atoms with Gasteiger partial charge in [-0.2, -0.15) is 0 Å². The van der Waals surface area contributed by atoms with Crippen LogP contribution in [0.15, 0.2) is 53.7 Å². The molecule has 0 spiro atoms. The molecule has 0 bridgehead atoms. The van der Waals surface area contributed by atoms with Gasteiger partial charge in [-0.1, -0.05) is 61.5 Å². The summed E-state index contributed by atoms with van der Waals surface area (Å²) >= 11 is 7.51. The fourth-order valence-electron chi connectivity index (χ4n) is 3.44. The maximum absolute atomic E-state index is 13.3. The number of thioether (sulfide) groups is 1. The summed E-state index contributed by atoms with van der Waals surface area (Å²) in [6, 6.07) is 15.3. The number of aryl methyl sites for hydroxylation is 2. The van der Waals surface area contributed by atoms with Crippen molar-refractivity contribution in [2.75, 3.05) is 10.7 Å². The Hall–Kier alpha value is -2.51. The molecule has 1 aliphatic heterocycles. The van der Waals surface area contributed by atoms with Crippen molar-refractivity contribution >= 4 is 35.0 Å². The van der Waals surface area contributed by atoms with E-state index in [4.69, 9.17) is 11.6 Å². The molecule has 2 aromatic carbocycles. The van der Waals surface area contributed by atoms with E-state index in [-0.39, 0.29) is 11.9 Å². The fraction of sp³-hybridized carbons (Fsp3) is 0.318. The lowest BCUT2D eigenvalue weighted by molar-refractivity contribution is -0.116. The van der Waals surface area contributed by atoms with Crippen molar-refractivity contribution in [3.63, 3.8) is 0 Å². The van der Waals surface area contributed by atoms with Gasteiger partial charge in [0.1, 0.15) is 5.25 Å². The summed E-state index contributed by atoms with van der Waals surface area (Å²) in [7, 11) is 0. The average molecular weight is 442 g/mol. The maximum atomic E-state index is 13.3. The molecule has 2 atom stereocenters. The summed E-state index contributed by atoms with van der Waals surface area (Å²) in [6.45, 7) is 4.21. The third-order valence-corrected chi connectivity index (χ3v) is 6.56. The third kappa shape index (κ3) is 4.32. The van der Waals surface area contributed by atoms with Gasteiger partial charge in [0.15, 0.2) is 5.82 Å². The molecule has 6 nitrogen and oxygen atoms in total. The number of carbonyl (C=O) groups excluding carboxylic acids is 1. The van der Waals surface area contributed by atoms with E-state index in [2.05, 4.69) is 34.8 Å². The molecule has 0 unspecified atom stereocenters. The van der Waals surface area contributed by atoms with E-state index in [0.29, 0.717) is 10.2 Å². The standard InChI is InChI=1S/C22H24ClN5OS/c1-3-5-18-25-26-22-28(18)27-19(15-8-10-16(23)11-9-15)20(30-22)21(29)24-17-12-6-14(4-2)7-13-17/h6-13,19-20,27H,3-5H2,1-2H3,(H,24,29)/t19-,20+/m1/s1. The highest BCUT2D eigenvalue weighted by Gasteiger charge is 2.37. The molecular weight excluding hydrogens is 418 g/mol. The second kappa shape index (κ2) is 9.10. The van der Waals surface area contributed by atoms with Gasteiger partial charge < -0.3 is 10.7 Å². The number of aromatic nitrogens is 3. The Balaban J connectivity index is 1.63. The van der Waals surface area contributed by atoms with Crippen molar-refractivity contribution < 1.29 is 4.79 Å². The van der Waals surface area contributed by atoms with Gasteiger partial charge >= 0.3 is 0 Å². The van der Waals surface area contributed by atoms with E-state index in [0.717, 1.165) is 36.3 Å². The van der Waals surface area contributed by atoms with E-state index >= 15 is 0 Å². The van der Waals surface area contributed by atoms with E-state index < -0.39 is 5.25 Å². The number of hydrogen-bond donors (Lipinski definition) is 2. The van der Waals surface area contributed by atoms with Crippen LogP contribution in [0.3, 0.4) is 0 Å². The molecule has 0 saturated carbocycles. The number of anilines is 1. The average Bonchev–Trinajstić information content (AvgIpc) is 3.16. The monoisotopic (exact) mass is 441 g/mol. The summed E-state index contributed by atoms with van der Waals surface area (Å²) < 4.78 is 1.91. The van der Waals surface area contributed by atoms with Gasteiger partial charge in [-0.3, -0.25) is 4.79 Å². The molecule has 1 aliphatic rings. The summed E-state index contributed by atoms with van der Waals surface area (Å²) in [5.74, 6) is 0.788. The summed E-state index contributed by atoms with van der Waals surface area (Å²) in [5, 5.41) is 12.6. The molecule has 8 heteroatoms. The second-order valence-corrected chi connectivity index (χ2v) is 8.77. The highest BCUT2D eigenvalue weighted by Crippen LogP contribution is 2.38. The molecule has 30 heavy (non-hydrogen) atoms. The second-order valence-electron chi connectivity index (χ2n) is 7.22. The first-order chi connectivity index (χ1) is 14.6. The number of fused-ring (bicyclic) bond motifs is 1. The minimum absolute atomic E-state index is 0.0806. The van der Waals surface area contributed by atoms with Gasteiger partial charge in [0.25, 0.3) is 0 Å². The normalized spacial score (nSPS) is 17.8. The van der Waals surface area contributed by atoms with Crippen molar-refractivity contribution in [2.24, 2.45) is 0 Å². The number of nitrogens with zero attached hydrogens (tertiary/aromatic N) is 3. The smallest absolute Gasteiger partial charge is 0.240 e. The molecule has 4 rings (SSSR count). The van der Waals surface area contributed by atoms with Crippen LogP contribution in [0.5, 0.6) is 0 Å². The van der Waals surface area contributed by atoms with E-state index in [1.165, 1.54) is 17.3 Å². The zero-order valence-electron chi connectivity index (χ0n) is 16.9. The zero-order chi connectivity index (χ0) is 21.1. The summed E-state index contributed by atoms with van der Waals surface area (Å²) in [5.41, 5.74) is 6.47.